The maximum absolute atomic E-state index is 10.0. The Bertz CT molecular complexity index is 247. The van der Waals surface area contributed by atoms with Crippen molar-refractivity contribution in [2.75, 3.05) is 0 Å². The van der Waals surface area contributed by atoms with E-state index < -0.39 is 0 Å². The molecule has 0 aromatic carbocycles. The first kappa shape index (κ1) is 10.2. The van der Waals surface area contributed by atoms with Crippen LogP contribution in [-0.4, -0.2) is 22.9 Å². The maximum Gasteiger partial charge on any atom is 0.0923 e. The quantitative estimate of drug-likeness (QED) is 0.603. The Balaban J connectivity index is 2.24. The number of hydrogen-bond acceptors (Lipinski definition) is 2. The molecule has 2 aliphatic heterocycles. The first-order chi connectivity index (χ1) is 6.62. The molecule has 1 N–H and O–H groups in total. The van der Waals surface area contributed by atoms with Gasteiger partial charge in [0.1, 0.15) is 0 Å². The van der Waals surface area contributed by atoms with Gasteiger partial charge < -0.3 is 9.84 Å². The highest BCUT2D eigenvalue weighted by Gasteiger charge is 2.39. The molecule has 0 radical (unpaired) electrons. The van der Waals surface area contributed by atoms with Gasteiger partial charge in [-0.25, -0.2) is 0 Å². The van der Waals surface area contributed by atoms with E-state index in [0.29, 0.717) is 0 Å². The summed E-state index contributed by atoms with van der Waals surface area (Å²) in [6.45, 7) is 4.20. The van der Waals surface area contributed by atoms with Crippen molar-refractivity contribution in [3.05, 3.63) is 11.6 Å². The number of hydrogen-bond donors (Lipinski definition) is 1. The van der Waals surface area contributed by atoms with Crippen molar-refractivity contribution in [1.82, 2.24) is 0 Å². The smallest absolute Gasteiger partial charge is 0.0923 e. The van der Waals surface area contributed by atoms with Crippen LogP contribution < -0.4 is 0 Å². The van der Waals surface area contributed by atoms with Gasteiger partial charge in [0.2, 0.25) is 0 Å². The second kappa shape index (κ2) is 3.67. The minimum atomic E-state index is -0.310. The lowest BCUT2D eigenvalue weighted by Crippen LogP contribution is -2.42. The van der Waals surface area contributed by atoms with E-state index in [1.807, 2.05) is 0 Å². The van der Waals surface area contributed by atoms with Gasteiger partial charge in [0.25, 0.3) is 0 Å². The van der Waals surface area contributed by atoms with Gasteiger partial charge in [0, 0.05) is 0 Å². The maximum atomic E-state index is 10.0. The molecule has 2 bridgehead atoms. The third kappa shape index (κ3) is 1.73. The summed E-state index contributed by atoms with van der Waals surface area (Å²) in [6.07, 6.45) is 7.25. The number of aliphatic hydroxyl groups is 1. The monoisotopic (exact) mass is 196 g/mol. The molecule has 0 aromatic heterocycles. The summed E-state index contributed by atoms with van der Waals surface area (Å²) in [5.41, 5.74) is 1.04. The molecule has 2 aliphatic rings. The molecule has 0 amide bonds. The summed E-state index contributed by atoms with van der Waals surface area (Å²) in [4.78, 5) is 0. The van der Waals surface area contributed by atoms with Gasteiger partial charge in [0.05, 0.1) is 17.8 Å². The summed E-state index contributed by atoms with van der Waals surface area (Å²) < 4.78 is 6.07. The number of ether oxygens (including phenoxy) is 1. The van der Waals surface area contributed by atoms with Crippen LogP contribution in [0.4, 0.5) is 0 Å². The molecule has 2 heterocycles. The summed E-state index contributed by atoms with van der Waals surface area (Å²) in [6, 6.07) is 0. The first-order valence-electron chi connectivity index (χ1n) is 5.64. The third-order valence-corrected chi connectivity index (χ3v) is 3.68. The summed E-state index contributed by atoms with van der Waals surface area (Å²) in [5.74, 6) is 0. The minimum absolute atomic E-state index is 0.250. The van der Waals surface area contributed by atoms with E-state index in [9.17, 15) is 5.11 Å². The molecule has 1 saturated heterocycles. The predicted molar refractivity (Wildman–Crippen MR) is 56.1 cm³/mol. The Morgan fingerprint density at radius 2 is 2.29 bits per heavy atom. The summed E-state index contributed by atoms with van der Waals surface area (Å²) in [7, 11) is 0. The molecule has 80 valence electrons. The largest absolute Gasteiger partial charge is 0.390 e. The van der Waals surface area contributed by atoms with Crippen molar-refractivity contribution >= 4 is 0 Å². The minimum Gasteiger partial charge on any atom is -0.390 e. The molecular formula is C12H20O2. The number of rotatable bonds is 0. The van der Waals surface area contributed by atoms with Crippen molar-refractivity contribution in [3.63, 3.8) is 0 Å². The highest BCUT2D eigenvalue weighted by Crippen LogP contribution is 2.36. The average molecular weight is 196 g/mol. The SMILES string of the molecule is CC1=CCC[C@@]2(C)O[C@H]1CCC[C@@H]2O. The molecule has 0 unspecified atom stereocenters. The van der Waals surface area contributed by atoms with E-state index >= 15 is 0 Å². The summed E-state index contributed by atoms with van der Waals surface area (Å²) in [5, 5.41) is 10.0. The van der Waals surface area contributed by atoms with E-state index in [0.717, 1.165) is 32.1 Å². The normalized spacial score (nSPS) is 43.8. The van der Waals surface area contributed by atoms with Gasteiger partial charge in [-0.15, -0.1) is 0 Å². The highest BCUT2D eigenvalue weighted by molar-refractivity contribution is 5.10. The van der Waals surface area contributed by atoms with Crippen LogP contribution in [0, 0.1) is 0 Å². The fourth-order valence-electron chi connectivity index (χ4n) is 2.53. The lowest BCUT2D eigenvalue weighted by molar-refractivity contribution is -0.126. The Hall–Kier alpha value is -0.340. The van der Waals surface area contributed by atoms with Crippen molar-refractivity contribution in [2.45, 2.75) is 63.8 Å². The summed E-state index contributed by atoms with van der Waals surface area (Å²) >= 11 is 0. The number of fused-ring (bicyclic) bond motifs is 2. The zero-order chi connectivity index (χ0) is 10.2. The molecule has 0 aliphatic carbocycles. The first-order valence-corrected chi connectivity index (χ1v) is 5.64. The van der Waals surface area contributed by atoms with Crippen LogP contribution in [0.5, 0.6) is 0 Å². The van der Waals surface area contributed by atoms with Crippen molar-refractivity contribution in [3.8, 4) is 0 Å². The molecule has 2 nitrogen and oxygen atoms in total. The van der Waals surface area contributed by atoms with Crippen molar-refractivity contribution < 1.29 is 9.84 Å². The molecule has 1 fully saturated rings. The van der Waals surface area contributed by atoms with Gasteiger partial charge in [-0.2, -0.15) is 0 Å². The Labute approximate surface area is 86.0 Å². The molecule has 2 rings (SSSR count). The lowest BCUT2D eigenvalue weighted by atomic mass is 9.90. The Morgan fingerprint density at radius 3 is 3.07 bits per heavy atom. The molecule has 14 heavy (non-hydrogen) atoms. The van der Waals surface area contributed by atoms with Crippen molar-refractivity contribution in [2.24, 2.45) is 0 Å². The lowest BCUT2D eigenvalue weighted by Gasteiger charge is -2.34. The third-order valence-electron chi connectivity index (χ3n) is 3.68. The zero-order valence-corrected chi connectivity index (χ0v) is 9.12. The second-order valence-corrected chi connectivity index (χ2v) is 4.85. The van der Waals surface area contributed by atoms with Gasteiger partial charge in [-0.05, 0) is 51.5 Å². The van der Waals surface area contributed by atoms with Crippen LogP contribution >= 0.6 is 0 Å². The van der Waals surface area contributed by atoms with Crippen LogP contribution in [-0.2, 0) is 4.74 Å². The number of aliphatic hydroxyl groups excluding tert-OH is 1. The Morgan fingerprint density at radius 1 is 1.50 bits per heavy atom. The van der Waals surface area contributed by atoms with Crippen LogP contribution in [0.15, 0.2) is 11.6 Å². The number of allylic oxidation sites excluding steroid dienone is 1. The fraction of sp³-hybridized carbons (Fsp3) is 0.833. The van der Waals surface area contributed by atoms with E-state index in [4.69, 9.17) is 4.74 Å². The standard InChI is InChI=1S/C12H20O2/c1-9-5-4-8-12(2)11(13)7-3-6-10(9)14-12/h5,10-11,13H,3-4,6-8H2,1-2H3/t10-,11-,12+/m0/s1. The van der Waals surface area contributed by atoms with Gasteiger partial charge in [-0.1, -0.05) is 6.08 Å². The average Bonchev–Trinajstić information content (AvgIpc) is 2.36. The van der Waals surface area contributed by atoms with Gasteiger partial charge in [-0.3, -0.25) is 0 Å². The highest BCUT2D eigenvalue weighted by atomic mass is 16.5. The van der Waals surface area contributed by atoms with Crippen LogP contribution in [0.2, 0.25) is 0 Å². The van der Waals surface area contributed by atoms with E-state index in [-0.39, 0.29) is 17.8 Å². The Kier molecular flexibility index (Phi) is 2.67. The molecule has 0 saturated carbocycles. The molecule has 3 atom stereocenters. The van der Waals surface area contributed by atoms with E-state index in [2.05, 4.69) is 19.9 Å². The second-order valence-electron chi connectivity index (χ2n) is 4.85. The molecule has 0 aromatic rings. The van der Waals surface area contributed by atoms with Crippen LogP contribution in [0.25, 0.3) is 0 Å². The van der Waals surface area contributed by atoms with Crippen molar-refractivity contribution in [1.29, 1.82) is 0 Å². The fourth-order valence-corrected chi connectivity index (χ4v) is 2.53. The predicted octanol–water partition coefficient (Wildman–Crippen LogP) is 2.42. The van der Waals surface area contributed by atoms with Gasteiger partial charge >= 0.3 is 0 Å². The topological polar surface area (TPSA) is 29.5 Å². The zero-order valence-electron chi connectivity index (χ0n) is 9.12. The van der Waals surface area contributed by atoms with Gasteiger partial charge in [0.15, 0.2) is 0 Å². The molecule has 2 heteroatoms. The van der Waals surface area contributed by atoms with Crippen LogP contribution in [0.1, 0.15) is 46.0 Å². The van der Waals surface area contributed by atoms with E-state index in [1.165, 1.54) is 5.57 Å². The molecule has 0 spiro atoms. The van der Waals surface area contributed by atoms with E-state index in [1.54, 1.807) is 0 Å². The van der Waals surface area contributed by atoms with Crippen LogP contribution in [0.3, 0.4) is 0 Å². The molecular weight excluding hydrogens is 176 g/mol.